The average molecular weight is 283 g/mol. The highest BCUT2D eigenvalue weighted by Gasteiger charge is 2.00. The summed E-state index contributed by atoms with van der Waals surface area (Å²) in [7, 11) is 0. The fourth-order valence-electron chi connectivity index (χ4n) is 2.11. The summed E-state index contributed by atoms with van der Waals surface area (Å²) in [6.07, 6.45) is 9.19. The van der Waals surface area contributed by atoms with Gasteiger partial charge >= 0.3 is 0 Å². The van der Waals surface area contributed by atoms with Crippen LogP contribution in [0.2, 0.25) is 0 Å². The molecule has 6 nitrogen and oxygen atoms in total. The van der Waals surface area contributed by atoms with E-state index in [0.29, 0.717) is 13.1 Å². The van der Waals surface area contributed by atoms with Crippen LogP contribution in [-0.4, -0.2) is 31.0 Å². The monoisotopic (exact) mass is 283 g/mol. The fourth-order valence-corrected chi connectivity index (χ4v) is 2.11. The maximum atomic E-state index is 8.87. The second kappa shape index (κ2) is 6.23. The minimum absolute atomic E-state index is 0.0987. The van der Waals surface area contributed by atoms with Crippen LogP contribution in [0.3, 0.4) is 0 Å². The molecule has 2 heterocycles. The first-order valence-corrected chi connectivity index (χ1v) is 6.79. The van der Waals surface area contributed by atoms with Crippen LogP contribution >= 0.6 is 0 Å². The van der Waals surface area contributed by atoms with E-state index in [2.05, 4.69) is 21.5 Å². The molecule has 0 bridgehead atoms. The van der Waals surface area contributed by atoms with Crippen molar-refractivity contribution in [3.05, 3.63) is 60.9 Å². The zero-order valence-corrected chi connectivity index (χ0v) is 11.6. The molecule has 3 aromatic rings. The SMILES string of the molecule is OCCn1cc(CNc2cccc(-n3ccnc3)c2)cn1. The van der Waals surface area contributed by atoms with Gasteiger partial charge in [-0.05, 0) is 18.2 Å². The zero-order chi connectivity index (χ0) is 14.5. The van der Waals surface area contributed by atoms with E-state index >= 15 is 0 Å². The first kappa shape index (κ1) is 13.4. The largest absolute Gasteiger partial charge is 0.394 e. The molecule has 0 saturated heterocycles. The molecule has 108 valence electrons. The van der Waals surface area contributed by atoms with Crippen LogP contribution in [0.15, 0.2) is 55.4 Å². The zero-order valence-electron chi connectivity index (χ0n) is 11.6. The van der Waals surface area contributed by atoms with Crippen molar-refractivity contribution in [2.24, 2.45) is 0 Å². The quantitative estimate of drug-likeness (QED) is 0.722. The fraction of sp³-hybridized carbons (Fsp3) is 0.200. The van der Waals surface area contributed by atoms with Gasteiger partial charge in [0, 0.05) is 42.1 Å². The Morgan fingerprint density at radius 2 is 2.24 bits per heavy atom. The Hall–Kier alpha value is -2.60. The highest BCUT2D eigenvalue weighted by atomic mass is 16.3. The standard InChI is InChI=1S/C15H17N5O/c21-7-6-20-11-13(10-18-20)9-17-14-2-1-3-15(8-14)19-5-4-16-12-19/h1-5,8,10-12,17,21H,6-7,9H2. The number of rotatable bonds is 6. The lowest BCUT2D eigenvalue weighted by Gasteiger charge is -2.08. The number of aromatic nitrogens is 4. The Kier molecular flexibility index (Phi) is 3.97. The number of anilines is 1. The van der Waals surface area contributed by atoms with Crippen molar-refractivity contribution in [1.82, 2.24) is 19.3 Å². The van der Waals surface area contributed by atoms with E-state index < -0.39 is 0 Å². The molecule has 0 aliphatic rings. The van der Waals surface area contributed by atoms with E-state index in [0.717, 1.165) is 16.9 Å². The number of aliphatic hydroxyl groups is 1. The molecule has 3 rings (SSSR count). The molecule has 0 spiro atoms. The molecular weight excluding hydrogens is 266 g/mol. The molecule has 6 heteroatoms. The summed E-state index contributed by atoms with van der Waals surface area (Å²) in [4.78, 5) is 4.05. The van der Waals surface area contributed by atoms with E-state index in [4.69, 9.17) is 5.11 Å². The Balaban J connectivity index is 1.66. The molecule has 0 amide bonds. The third kappa shape index (κ3) is 3.29. The second-order valence-electron chi connectivity index (χ2n) is 4.71. The molecule has 2 N–H and O–H groups in total. The van der Waals surface area contributed by atoms with Crippen LogP contribution in [-0.2, 0) is 13.1 Å². The normalized spacial score (nSPS) is 10.7. The lowest BCUT2D eigenvalue weighted by Crippen LogP contribution is -2.02. The summed E-state index contributed by atoms with van der Waals surface area (Å²) in [5.74, 6) is 0. The van der Waals surface area contributed by atoms with Gasteiger partial charge in [0.2, 0.25) is 0 Å². The van der Waals surface area contributed by atoms with Crippen LogP contribution in [0, 0.1) is 0 Å². The summed E-state index contributed by atoms with van der Waals surface area (Å²) in [5, 5.41) is 16.4. The first-order valence-electron chi connectivity index (χ1n) is 6.79. The smallest absolute Gasteiger partial charge is 0.0991 e. The summed E-state index contributed by atoms with van der Waals surface area (Å²) in [6.45, 7) is 1.32. The van der Waals surface area contributed by atoms with E-state index in [1.165, 1.54) is 0 Å². The molecule has 0 fully saturated rings. The topological polar surface area (TPSA) is 67.9 Å². The van der Waals surface area contributed by atoms with Gasteiger partial charge in [-0.3, -0.25) is 4.68 Å². The van der Waals surface area contributed by atoms with Crippen molar-refractivity contribution in [3.63, 3.8) is 0 Å². The van der Waals surface area contributed by atoms with Crippen LogP contribution < -0.4 is 5.32 Å². The number of nitrogens with zero attached hydrogens (tertiary/aromatic N) is 4. The summed E-state index contributed by atoms with van der Waals surface area (Å²) in [6, 6.07) is 8.14. The van der Waals surface area contributed by atoms with Crippen molar-refractivity contribution >= 4 is 5.69 Å². The lowest BCUT2D eigenvalue weighted by atomic mass is 10.2. The number of nitrogens with one attached hydrogen (secondary N) is 1. The van der Waals surface area contributed by atoms with Gasteiger partial charge in [-0.2, -0.15) is 5.10 Å². The van der Waals surface area contributed by atoms with Gasteiger partial charge in [-0.1, -0.05) is 6.07 Å². The van der Waals surface area contributed by atoms with Crippen molar-refractivity contribution < 1.29 is 5.11 Å². The molecule has 0 aliphatic heterocycles. The predicted octanol–water partition coefficient (Wildman–Crippen LogP) is 1.67. The van der Waals surface area contributed by atoms with E-state index in [9.17, 15) is 0 Å². The summed E-state index contributed by atoms with van der Waals surface area (Å²) in [5.41, 5.74) is 3.18. The molecule has 1 aromatic carbocycles. The van der Waals surface area contributed by atoms with Gasteiger partial charge < -0.3 is 15.0 Å². The highest BCUT2D eigenvalue weighted by Crippen LogP contribution is 2.15. The van der Waals surface area contributed by atoms with Gasteiger partial charge in [0.15, 0.2) is 0 Å². The van der Waals surface area contributed by atoms with Crippen LogP contribution in [0.1, 0.15) is 5.56 Å². The first-order chi connectivity index (χ1) is 10.3. The number of imidazole rings is 1. The van der Waals surface area contributed by atoms with E-state index in [-0.39, 0.29) is 6.61 Å². The number of benzene rings is 1. The Bertz CT molecular complexity index is 690. The molecule has 21 heavy (non-hydrogen) atoms. The highest BCUT2D eigenvalue weighted by molar-refractivity contribution is 5.51. The third-order valence-electron chi connectivity index (χ3n) is 3.16. The predicted molar refractivity (Wildman–Crippen MR) is 80.2 cm³/mol. The molecule has 0 radical (unpaired) electrons. The Morgan fingerprint density at radius 3 is 3.05 bits per heavy atom. The molecule has 2 aromatic heterocycles. The van der Waals surface area contributed by atoms with Crippen LogP contribution in [0.4, 0.5) is 5.69 Å². The van der Waals surface area contributed by atoms with Crippen LogP contribution in [0.5, 0.6) is 0 Å². The molecule has 0 saturated carbocycles. The van der Waals surface area contributed by atoms with Crippen molar-refractivity contribution in [3.8, 4) is 5.69 Å². The van der Waals surface area contributed by atoms with Crippen molar-refractivity contribution in [1.29, 1.82) is 0 Å². The molecule has 0 atom stereocenters. The summed E-state index contributed by atoms with van der Waals surface area (Å²) < 4.78 is 3.70. The van der Waals surface area contributed by atoms with E-state index in [1.807, 2.05) is 41.4 Å². The molecule has 0 aliphatic carbocycles. The Morgan fingerprint density at radius 1 is 1.29 bits per heavy atom. The lowest BCUT2D eigenvalue weighted by molar-refractivity contribution is 0.269. The second-order valence-corrected chi connectivity index (χ2v) is 4.71. The number of hydrogen-bond donors (Lipinski definition) is 2. The molecule has 0 unspecified atom stereocenters. The third-order valence-corrected chi connectivity index (χ3v) is 3.16. The summed E-state index contributed by atoms with van der Waals surface area (Å²) >= 11 is 0. The van der Waals surface area contributed by atoms with Crippen molar-refractivity contribution in [2.75, 3.05) is 11.9 Å². The van der Waals surface area contributed by atoms with Gasteiger partial charge in [0.25, 0.3) is 0 Å². The van der Waals surface area contributed by atoms with Gasteiger partial charge in [-0.25, -0.2) is 4.98 Å². The Labute approximate surface area is 122 Å². The minimum Gasteiger partial charge on any atom is -0.394 e. The van der Waals surface area contributed by atoms with Gasteiger partial charge in [-0.15, -0.1) is 0 Å². The van der Waals surface area contributed by atoms with Gasteiger partial charge in [0.05, 0.1) is 25.7 Å². The molecular formula is C15H17N5O. The van der Waals surface area contributed by atoms with Crippen LogP contribution in [0.25, 0.3) is 5.69 Å². The van der Waals surface area contributed by atoms with Gasteiger partial charge in [0.1, 0.15) is 0 Å². The average Bonchev–Trinajstić information content (AvgIpc) is 3.18. The maximum Gasteiger partial charge on any atom is 0.0991 e. The number of aliphatic hydroxyl groups excluding tert-OH is 1. The van der Waals surface area contributed by atoms with Crippen molar-refractivity contribution in [2.45, 2.75) is 13.1 Å². The van der Waals surface area contributed by atoms with E-state index in [1.54, 1.807) is 17.2 Å². The minimum atomic E-state index is 0.0987. The maximum absolute atomic E-state index is 8.87. The number of hydrogen-bond acceptors (Lipinski definition) is 4.